The molecule has 6 nitrogen and oxygen atoms in total. The fourth-order valence-electron chi connectivity index (χ4n) is 4.30. The normalized spacial score (nSPS) is 17.2. The van der Waals surface area contributed by atoms with Crippen molar-refractivity contribution in [2.24, 2.45) is 0 Å². The number of aromatic nitrogens is 2. The van der Waals surface area contributed by atoms with Gasteiger partial charge in [-0.15, -0.1) is 0 Å². The molecule has 0 saturated carbocycles. The number of rotatable bonds is 6. The molecular formula is C24H24ClF3N4O2S. The third kappa shape index (κ3) is 5.60. The summed E-state index contributed by atoms with van der Waals surface area (Å²) < 4.78 is 66.5. The Kier molecular flexibility index (Phi) is 7.35. The summed E-state index contributed by atoms with van der Waals surface area (Å²) in [4.78, 5) is 10.4. The van der Waals surface area contributed by atoms with E-state index in [0.29, 0.717) is 39.8 Å². The van der Waals surface area contributed by atoms with Gasteiger partial charge in [-0.2, -0.15) is 17.5 Å². The minimum atomic E-state index is -5.55. The maximum atomic E-state index is 13.6. The molecule has 0 radical (unpaired) electrons. The van der Waals surface area contributed by atoms with Crippen LogP contribution in [0.2, 0.25) is 5.15 Å². The van der Waals surface area contributed by atoms with Crippen molar-refractivity contribution in [2.45, 2.75) is 44.4 Å². The van der Waals surface area contributed by atoms with E-state index in [4.69, 9.17) is 11.6 Å². The minimum Gasteiger partial charge on any atom is -0.359 e. The zero-order valence-corrected chi connectivity index (χ0v) is 20.5. The molecule has 4 rings (SSSR count). The Balaban J connectivity index is 1.79. The van der Waals surface area contributed by atoms with E-state index < -0.39 is 21.6 Å². The molecular weight excluding hydrogens is 501 g/mol. The largest absolute Gasteiger partial charge is 0.511 e. The molecule has 1 atom stereocenters. The fourth-order valence-corrected chi connectivity index (χ4v) is 5.42. The van der Waals surface area contributed by atoms with Gasteiger partial charge in [0.05, 0.1) is 6.54 Å². The van der Waals surface area contributed by atoms with Gasteiger partial charge >= 0.3 is 15.5 Å². The van der Waals surface area contributed by atoms with Crippen LogP contribution in [-0.4, -0.2) is 40.8 Å². The Bertz CT molecular complexity index is 1290. The van der Waals surface area contributed by atoms with Gasteiger partial charge in [0.1, 0.15) is 11.0 Å². The van der Waals surface area contributed by atoms with E-state index in [1.54, 1.807) is 19.1 Å². The highest BCUT2D eigenvalue weighted by molar-refractivity contribution is 7.89. The molecule has 1 aliphatic rings. The second kappa shape index (κ2) is 10.1. The highest BCUT2D eigenvalue weighted by Gasteiger charge is 2.51. The van der Waals surface area contributed by atoms with Gasteiger partial charge in [0.15, 0.2) is 0 Å². The lowest BCUT2D eigenvalue weighted by Crippen LogP contribution is -2.47. The first kappa shape index (κ1) is 25.4. The maximum Gasteiger partial charge on any atom is 0.511 e. The highest BCUT2D eigenvalue weighted by Crippen LogP contribution is 2.37. The van der Waals surface area contributed by atoms with Crippen LogP contribution in [0.15, 0.2) is 60.8 Å². The summed E-state index contributed by atoms with van der Waals surface area (Å²) in [6, 6.07) is 15.9. The predicted octanol–water partition coefficient (Wildman–Crippen LogP) is 5.11. The lowest BCUT2D eigenvalue weighted by atomic mass is 10.0. The van der Waals surface area contributed by atoms with Crippen molar-refractivity contribution >= 4 is 27.3 Å². The zero-order valence-electron chi connectivity index (χ0n) is 18.9. The molecule has 2 heterocycles. The summed E-state index contributed by atoms with van der Waals surface area (Å²) in [6.07, 6.45) is 2.49. The lowest BCUT2D eigenvalue weighted by Gasteiger charge is -2.34. The first-order valence-electron chi connectivity index (χ1n) is 11.0. The lowest BCUT2D eigenvalue weighted by molar-refractivity contribution is -0.0492. The summed E-state index contributed by atoms with van der Waals surface area (Å²) >= 11 is 6.05. The zero-order chi connectivity index (χ0) is 25.2. The standard InChI is InChI=1S/C24H24ClF3N4O2S/c1-17-6-5-9-21-20(17)15-31(35(33,34)24(26,27)28)14-19(11-10-18-7-3-2-4-8-18)32(21)16-23-29-13-12-22(25)30-23/h2-9,12-13,19H,10-11,14-16H2,1H3. The minimum absolute atomic E-state index is 0.163. The van der Waals surface area contributed by atoms with Crippen molar-refractivity contribution in [3.05, 3.63) is 88.5 Å². The van der Waals surface area contributed by atoms with Gasteiger partial charge in [-0.05, 0) is 48.6 Å². The van der Waals surface area contributed by atoms with E-state index in [2.05, 4.69) is 9.97 Å². The molecule has 0 bridgehead atoms. The molecule has 186 valence electrons. The second-order valence-corrected chi connectivity index (χ2v) is 10.7. The Morgan fingerprint density at radius 3 is 2.51 bits per heavy atom. The van der Waals surface area contributed by atoms with Crippen molar-refractivity contribution in [1.29, 1.82) is 0 Å². The molecule has 1 aromatic heterocycles. The van der Waals surface area contributed by atoms with Gasteiger partial charge in [-0.3, -0.25) is 0 Å². The van der Waals surface area contributed by atoms with E-state index in [1.807, 2.05) is 41.3 Å². The Hall–Kier alpha value is -2.69. The molecule has 0 saturated heterocycles. The molecule has 1 aliphatic heterocycles. The SMILES string of the molecule is Cc1cccc2c1CN(S(=O)(=O)C(F)(F)F)CC(CCc1ccccc1)N2Cc1nccc(Cl)n1. The Morgan fingerprint density at radius 1 is 1.09 bits per heavy atom. The van der Waals surface area contributed by atoms with Crippen LogP contribution in [0.4, 0.5) is 18.9 Å². The number of anilines is 1. The van der Waals surface area contributed by atoms with Gasteiger partial charge in [-0.1, -0.05) is 54.1 Å². The number of fused-ring (bicyclic) bond motifs is 1. The predicted molar refractivity (Wildman–Crippen MR) is 128 cm³/mol. The number of halogens is 4. The topological polar surface area (TPSA) is 66.4 Å². The highest BCUT2D eigenvalue weighted by atomic mass is 35.5. The first-order chi connectivity index (χ1) is 16.6. The first-order valence-corrected chi connectivity index (χ1v) is 12.8. The van der Waals surface area contributed by atoms with Gasteiger partial charge in [0.2, 0.25) is 0 Å². The second-order valence-electron chi connectivity index (χ2n) is 8.42. The molecule has 2 aromatic carbocycles. The summed E-state index contributed by atoms with van der Waals surface area (Å²) in [5, 5.41) is 0.247. The third-order valence-electron chi connectivity index (χ3n) is 6.11. The number of alkyl halides is 3. The van der Waals surface area contributed by atoms with E-state index in [9.17, 15) is 21.6 Å². The molecule has 1 unspecified atom stereocenters. The monoisotopic (exact) mass is 524 g/mol. The number of sulfonamides is 1. The van der Waals surface area contributed by atoms with Gasteiger partial charge in [-0.25, -0.2) is 18.4 Å². The molecule has 0 fully saturated rings. The van der Waals surface area contributed by atoms with Crippen molar-refractivity contribution in [3.8, 4) is 0 Å². The van der Waals surface area contributed by atoms with Crippen LogP contribution in [0.3, 0.4) is 0 Å². The van der Waals surface area contributed by atoms with Crippen molar-refractivity contribution in [1.82, 2.24) is 14.3 Å². The summed E-state index contributed by atoms with van der Waals surface area (Å²) in [5.41, 5.74) is -2.52. The van der Waals surface area contributed by atoms with E-state index in [-0.39, 0.29) is 24.8 Å². The molecule has 11 heteroatoms. The van der Waals surface area contributed by atoms with Gasteiger partial charge < -0.3 is 4.90 Å². The van der Waals surface area contributed by atoms with Crippen molar-refractivity contribution in [3.63, 3.8) is 0 Å². The molecule has 0 amide bonds. The Labute approximate surface area is 207 Å². The number of hydrogen-bond acceptors (Lipinski definition) is 5. The maximum absolute atomic E-state index is 13.6. The number of nitrogens with zero attached hydrogens (tertiary/aromatic N) is 4. The number of benzene rings is 2. The average Bonchev–Trinajstić information content (AvgIpc) is 2.96. The van der Waals surface area contributed by atoms with Crippen LogP contribution in [0.25, 0.3) is 0 Å². The van der Waals surface area contributed by atoms with Crippen LogP contribution in [-0.2, 0) is 29.5 Å². The molecule has 35 heavy (non-hydrogen) atoms. The summed E-state index contributed by atoms with van der Waals surface area (Å²) in [7, 11) is -5.55. The molecule has 0 spiro atoms. The van der Waals surface area contributed by atoms with Crippen LogP contribution in [0, 0.1) is 6.92 Å². The van der Waals surface area contributed by atoms with Crippen molar-refractivity contribution in [2.75, 3.05) is 11.4 Å². The number of hydrogen-bond donors (Lipinski definition) is 0. The molecule has 3 aromatic rings. The van der Waals surface area contributed by atoms with Gasteiger partial charge in [0.25, 0.3) is 0 Å². The van der Waals surface area contributed by atoms with Crippen LogP contribution >= 0.6 is 11.6 Å². The van der Waals surface area contributed by atoms with Crippen LogP contribution < -0.4 is 4.90 Å². The fraction of sp³-hybridized carbons (Fsp3) is 0.333. The summed E-state index contributed by atoms with van der Waals surface area (Å²) in [5.74, 6) is 0.391. The summed E-state index contributed by atoms with van der Waals surface area (Å²) in [6.45, 7) is 1.22. The van der Waals surface area contributed by atoms with E-state index in [0.717, 1.165) is 5.56 Å². The average molecular weight is 525 g/mol. The van der Waals surface area contributed by atoms with E-state index in [1.165, 1.54) is 12.3 Å². The quantitative estimate of drug-likeness (QED) is 0.419. The number of aryl methyl sites for hydroxylation is 2. The van der Waals surface area contributed by atoms with Crippen LogP contribution in [0.1, 0.15) is 28.9 Å². The van der Waals surface area contributed by atoms with Crippen molar-refractivity contribution < 1.29 is 21.6 Å². The van der Waals surface area contributed by atoms with Crippen LogP contribution in [0.5, 0.6) is 0 Å². The van der Waals surface area contributed by atoms with Gasteiger partial charge in [0, 0.05) is 31.0 Å². The van der Waals surface area contributed by atoms with E-state index >= 15 is 0 Å². The smallest absolute Gasteiger partial charge is 0.359 e. The Morgan fingerprint density at radius 2 is 1.83 bits per heavy atom. The molecule has 0 aliphatic carbocycles. The molecule has 0 N–H and O–H groups in total. The third-order valence-corrected chi connectivity index (χ3v) is 7.86.